The van der Waals surface area contributed by atoms with Gasteiger partial charge in [0, 0.05) is 6.07 Å². The van der Waals surface area contributed by atoms with Gasteiger partial charge < -0.3 is 15.4 Å². The van der Waals surface area contributed by atoms with Gasteiger partial charge in [-0.25, -0.2) is 4.98 Å². The molecule has 9 nitrogen and oxygen atoms in total. The number of imidazole rings is 1. The number of nitrogens with zero attached hydrogens (tertiary/aromatic N) is 5. The third kappa shape index (κ3) is 2.75. The zero-order valence-electron chi connectivity index (χ0n) is 13.8. The van der Waals surface area contributed by atoms with Gasteiger partial charge in [0.15, 0.2) is 5.82 Å². The Kier molecular flexibility index (Phi) is 3.81. The molecule has 130 valence electrons. The number of nitrogens with one attached hydrogen (secondary N) is 2. The molecule has 3 aromatic heterocycles. The molecule has 2 N–H and O–H groups in total. The summed E-state index contributed by atoms with van der Waals surface area (Å²) in [5, 5.41) is 21.8. The summed E-state index contributed by atoms with van der Waals surface area (Å²) < 4.78 is 1.44. The van der Waals surface area contributed by atoms with Gasteiger partial charge in [-0.2, -0.15) is 14.5 Å². The minimum absolute atomic E-state index is 0.131. The number of pyridine rings is 1. The summed E-state index contributed by atoms with van der Waals surface area (Å²) in [6.07, 6.45) is 1.61. The average molecular weight is 349 g/mol. The Balaban J connectivity index is 1.83. The van der Waals surface area contributed by atoms with Crippen molar-refractivity contribution in [2.45, 2.75) is 13.0 Å². The zero-order valence-corrected chi connectivity index (χ0v) is 13.8. The van der Waals surface area contributed by atoms with Gasteiger partial charge in [0.2, 0.25) is 11.5 Å². The van der Waals surface area contributed by atoms with Gasteiger partial charge in [0.1, 0.15) is 11.9 Å². The summed E-state index contributed by atoms with van der Waals surface area (Å²) in [6, 6.07) is 14.2. The Morgan fingerprint density at radius 1 is 1.15 bits per heavy atom. The fraction of sp³-hybridized carbons (Fsp3) is 0.118. The lowest BCUT2D eigenvalue weighted by molar-refractivity contribution is -0.389. The fourth-order valence-corrected chi connectivity index (χ4v) is 2.82. The number of rotatable bonds is 5. The minimum Gasteiger partial charge on any atom is -0.358 e. The van der Waals surface area contributed by atoms with E-state index in [1.54, 1.807) is 31.3 Å². The van der Waals surface area contributed by atoms with E-state index in [0.717, 1.165) is 5.56 Å². The van der Waals surface area contributed by atoms with Gasteiger partial charge in [-0.15, -0.1) is 0 Å². The van der Waals surface area contributed by atoms with Gasteiger partial charge in [-0.3, -0.25) is 5.10 Å². The number of anilines is 1. The lowest BCUT2D eigenvalue weighted by Crippen LogP contribution is -2.15. The van der Waals surface area contributed by atoms with E-state index >= 15 is 0 Å². The van der Waals surface area contributed by atoms with E-state index in [9.17, 15) is 10.1 Å². The van der Waals surface area contributed by atoms with Crippen LogP contribution in [-0.2, 0) is 0 Å². The van der Waals surface area contributed by atoms with Crippen LogP contribution in [0.3, 0.4) is 0 Å². The molecular formula is C17H15N7O2. The first kappa shape index (κ1) is 15.8. The van der Waals surface area contributed by atoms with Crippen LogP contribution in [0.1, 0.15) is 23.3 Å². The van der Waals surface area contributed by atoms with E-state index in [1.165, 1.54) is 4.40 Å². The molecule has 0 fully saturated rings. The first-order valence-electron chi connectivity index (χ1n) is 7.95. The van der Waals surface area contributed by atoms with Crippen molar-refractivity contribution >= 4 is 17.3 Å². The van der Waals surface area contributed by atoms with Gasteiger partial charge in [0.25, 0.3) is 0 Å². The maximum absolute atomic E-state index is 11.6. The van der Waals surface area contributed by atoms with Crippen molar-refractivity contribution in [3.8, 4) is 0 Å². The number of hydrogen-bond acceptors (Lipinski definition) is 6. The molecule has 0 spiro atoms. The summed E-state index contributed by atoms with van der Waals surface area (Å²) in [4.78, 5) is 19.9. The fourth-order valence-electron chi connectivity index (χ4n) is 2.82. The molecule has 0 aliphatic rings. The number of aryl methyl sites for hydroxylation is 1. The lowest BCUT2D eigenvalue weighted by Gasteiger charge is -2.15. The van der Waals surface area contributed by atoms with Crippen LogP contribution in [0.15, 0.2) is 54.7 Å². The number of hydrogen-bond donors (Lipinski definition) is 2. The van der Waals surface area contributed by atoms with Gasteiger partial charge in [-0.1, -0.05) is 36.4 Å². The van der Waals surface area contributed by atoms with Crippen molar-refractivity contribution in [1.29, 1.82) is 0 Å². The highest BCUT2D eigenvalue weighted by molar-refractivity contribution is 5.63. The Hall–Kier alpha value is -3.75. The topological polar surface area (TPSA) is 114 Å². The summed E-state index contributed by atoms with van der Waals surface area (Å²) in [5.41, 5.74) is 1.36. The maximum atomic E-state index is 11.6. The van der Waals surface area contributed by atoms with Crippen molar-refractivity contribution in [2.75, 3.05) is 5.32 Å². The van der Waals surface area contributed by atoms with Crippen molar-refractivity contribution in [2.24, 2.45) is 0 Å². The van der Waals surface area contributed by atoms with Crippen LogP contribution < -0.4 is 5.32 Å². The highest BCUT2D eigenvalue weighted by atomic mass is 16.6. The first-order valence-corrected chi connectivity index (χ1v) is 7.95. The molecule has 1 aromatic carbocycles. The summed E-state index contributed by atoms with van der Waals surface area (Å²) in [5.74, 6) is 1.18. The molecule has 0 aliphatic heterocycles. The molecular weight excluding hydrogens is 334 g/mol. The number of nitro groups is 1. The van der Waals surface area contributed by atoms with Crippen LogP contribution in [0.2, 0.25) is 0 Å². The van der Waals surface area contributed by atoms with Gasteiger partial charge in [-0.05, 0) is 23.5 Å². The molecule has 3 heterocycles. The van der Waals surface area contributed by atoms with E-state index in [2.05, 4.69) is 25.5 Å². The van der Waals surface area contributed by atoms with Crippen LogP contribution >= 0.6 is 0 Å². The normalized spacial score (nSPS) is 12.2. The van der Waals surface area contributed by atoms with Crippen molar-refractivity contribution in [3.63, 3.8) is 0 Å². The van der Waals surface area contributed by atoms with Crippen LogP contribution in [0.25, 0.3) is 5.65 Å². The Morgan fingerprint density at radius 3 is 2.62 bits per heavy atom. The molecule has 0 amide bonds. The van der Waals surface area contributed by atoms with Gasteiger partial charge >= 0.3 is 5.82 Å². The third-order valence-electron chi connectivity index (χ3n) is 3.96. The molecule has 0 aliphatic carbocycles. The molecule has 4 rings (SSSR count). The quantitative estimate of drug-likeness (QED) is 0.423. The molecule has 1 atom stereocenters. The monoisotopic (exact) mass is 349 g/mol. The van der Waals surface area contributed by atoms with E-state index < -0.39 is 11.0 Å². The molecule has 9 heteroatoms. The van der Waals surface area contributed by atoms with Crippen LogP contribution in [0.4, 0.5) is 11.6 Å². The van der Waals surface area contributed by atoms with Crippen LogP contribution in [0, 0.1) is 17.0 Å². The molecule has 0 bridgehead atoms. The van der Waals surface area contributed by atoms with Crippen LogP contribution in [-0.4, -0.2) is 29.5 Å². The highest BCUT2D eigenvalue weighted by Gasteiger charge is 2.27. The Morgan fingerprint density at radius 2 is 1.92 bits per heavy atom. The highest BCUT2D eigenvalue weighted by Crippen LogP contribution is 2.30. The van der Waals surface area contributed by atoms with Crippen molar-refractivity contribution in [1.82, 2.24) is 24.6 Å². The van der Waals surface area contributed by atoms with E-state index in [0.29, 0.717) is 17.3 Å². The molecule has 0 saturated carbocycles. The zero-order chi connectivity index (χ0) is 18.1. The molecule has 0 radical (unpaired) electrons. The number of fused-ring (bicyclic) bond motifs is 1. The van der Waals surface area contributed by atoms with Crippen molar-refractivity contribution < 1.29 is 4.92 Å². The largest absolute Gasteiger partial charge is 0.372 e. The predicted molar refractivity (Wildman–Crippen MR) is 94.9 cm³/mol. The second kappa shape index (κ2) is 6.28. The number of H-pyrrole nitrogens is 1. The molecule has 4 aromatic rings. The van der Waals surface area contributed by atoms with Crippen molar-refractivity contribution in [3.05, 3.63) is 82.1 Å². The predicted octanol–water partition coefficient (Wildman–Crippen LogP) is 2.87. The van der Waals surface area contributed by atoms with E-state index in [-0.39, 0.29) is 11.6 Å². The molecule has 26 heavy (non-hydrogen) atoms. The van der Waals surface area contributed by atoms with Crippen LogP contribution in [0.5, 0.6) is 0 Å². The summed E-state index contributed by atoms with van der Waals surface area (Å²) in [7, 11) is 0. The Labute approximate surface area is 147 Å². The molecule has 0 saturated heterocycles. The number of aromatic amines is 1. The Bertz CT molecular complexity index is 1070. The first-order chi connectivity index (χ1) is 12.6. The summed E-state index contributed by atoms with van der Waals surface area (Å²) >= 11 is 0. The summed E-state index contributed by atoms with van der Waals surface area (Å²) in [6.45, 7) is 1.80. The number of benzene rings is 1. The smallest absolute Gasteiger partial charge is 0.358 e. The van der Waals surface area contributed by atoms with E-state index in [1.807, 2.05) is 30.3 Å². The SMILES string of the molecule is Cc1nc([C@H](Nc2nc3ccccn3c2[N+](=O)[O-])c2ccccc2)n[nH]1. The van der Waals surface area contributed by atoms with E-state index in [4.69, 9.17) is 0 Å². The average Bonchev–Trinajstić information content (AvgIpc) is 3.23. The second-order valence-corrected chi connectivity index (χ2v) is 5.74. The van der Waals surface area contributed by atoms with Gasteiger partial charge in [0.05, 0.1) is 6.20 Å². The minimum atomic E-state index is -0.482. The maximum Gasteiger partial charge on any atom is 0.372 e. The molecule has 0 unspecified atom stereocenters. The lowest BCUT2D eigenvalue weighted by atomic mass is 10.1. The number of aromatic nitrogens is 5. The second-order valence-electron chi connectivity index (χ2n) is 5.74. The third-order valence-corrected chi connectivity index (χ3v) is 3.96. The standard InChI is InChI=1S/C17H15N7O2/c1-11-18-15(22-21-11)14(12-7-3-2-4-8-12)20-16-17(24(25)26)23-10-6-5-9-13(23)19-16/h2-10,14,20H,1H3,(H,18,21,22)/t14-/m1/s1.